The Labute approximate surface area is 166 Å². The highest BCUT2D eigenvalue weighted by atomic mass is 28.4. The van der Waals surface area contributed by atoms with Gasteiger partial charge in [0.2, 0.25) is 0 Å². The summed E-state index contributed by atoms with van der Waals surface area (Å²) < 4.78 is 11.5. The van der Waals surface area contributed by atoms with E-state index >= 15 is 0 Å². The van der Waals surface area contributed by atoms with E-state index < -0.39 is 24.6 Å². The molecular formula is C20H29NO6Si. The van der Waals surface area contributed by atoms with Crippen molar-refractivity contribution in [2.75, 3.05) is 7.11 Å². The normalized spacial score (nSPS) is 23.4. The van der Waals surface area contributed by atoms with Gasteiger partial charge in [0.1, 0.15) is 0 Å². The van der Waals surface area contributed by atoms with E-state index in [0.29, 0.717) is 12.0 Å². The van der Waals surface area contributed by atoms with Crippen LogP contribution in [0.15, 0.2) is 24.3 Å². The lowest BCUT2D eigenvalue weighted by atomic mass is 9.67. The van der Waals surface area contributed by atoms with Gasteiger partial charge in [0, 0.05) is 24.7 Å². The Morgan fingerprint density at radius 1 is 1.32 bits per heavy atom. The number of benzene rings is 1. The van der Waals surface area contributed by atoms with Gasteiger partial charge < -0.3 is 9.16 Å². The van der Waals surface area contributed by atoms with Gasteiger partial charge in [-0.1, -0.05) is 32.9 Å². The Kier molecular flexibility index (Phi) is 6.15. The van der Waals surface area contributed by atoms with Gasteiger partial charge in [-0.2, -0.15) is 0 Å². The molecule has 1 aliphatic carbocycles. The molecule has 1 aromatic carbocycles. The predicted octanol–water partition coefficient (Wildman–Crippen LogP) is 4.15. The van der Waals surface area contributed by atoms with Crippen molar-refractivity contribution in [3.8, 4) is 0 Å². The lowest BCUT2D eigenvalue weighted by molar-refractivity contribution is -0.384. The third-order valence-electron chi connectivity index (χ3n) is 6.05. The monoisotopic (exact) mass is 407 g/mol. The number of non-ortho nitro benzene ring substituents is 1. The second kappa shape index (κ2) is 7.75. The van der Waals surface area contributed by atoms with Crippen LogP contribution in [-0.2, 0) is 24.2 Å². The maximum Gasteiger partial charge on any atom is 0.324 e. The number of nitrogens with zero attached hydrogens (tertiary/aromatic N) is 1. The summed E-state index contributed by atoms with van der Waals surface area (Å²) >= 11 is 0. The predicted molar refractivity (Wildman–Crippen MR) is 108 cm³/mol. The smallest absolute Gasteiger partial charge is 0.324 e. The molecule has 154 valence electrons. The summed E-state index contributed by atoms with van der Waals surface area (Å²) in [5, 5.41) is 11.2. The van der Waals surface area contributed by atoms with E-state index in [1.54, 1.807) is 6.07 Å². The zero-order valence-corrected chi connectivity index (χ0v) is 18.4. The third kappa shape index (κ3) is 4.02. The molecule has 8 heteroatoms. The molecule has 0 amide bonds. The van der Waals surface area contributed by atoms with E-state index in [1.807, 2.05) is 0 Å². The third-order valence-corrected chi connectivity index (χ3v) is 10.6. The van der Waals surface area contributed by atoms with Crippen molar-refractivity contribution in [1.82, 2.24) is 0 Å². The van der Waals surface area contributed by atoms with Crippen LogP contribution in [0.4, 0.5) is 5.69 Å². The van der Waals surface area contributed by atoms with E-state index in [1.165, 1.54) is 25.3 Å². The van der Waals surface area contributed by atoms with Crippen molar-refractivity contribution in [1.29, 1.82) is 0 Å². The molecule has 28 heavy (non-hydrogen) atoms. The number of Topliss-reactive ketones (excluding diaryl/α,β-unsaturated/α-hetero) is 1. The molecule has 0 aliphatic heterocycles. The lowest BCUT2D eigenvalue weighted by Crippen LogP contribution is -2.53. The molecule has 7 nitrogen and oxygen atoms in total. The molecule has 0 unspecified atom stereocenters. The quantitative estimate of drug-likeness (QED) is 0.239. The van der Waals surface area contributed by atoms with Gasteiger partial charge in [0.15, 0.2) is 19.5 Å². The van der Waals surface area contributed by atoms with Gasteiger partial charge in [-0.05, 0) is 36.5 Å². The molecule has 1 aromatic rings. The molecule has 0 heterocycles. The molecule has 0 spiro atoms. The van der Waals surface area contributed by atoms with Crippen LogP contribution in [0.3, 0.4) is 0 Å². The van der Waals surface area contributed by atoms with Gasteiger partial charge >= 0.3 is 5.97 Å². The highest BCUT2D eigenvalue weighted by molar-refractivity contribution is 6.74. The number of hydrogen-bond acceptors (Lipinski definition) is 6. The summed E-state index contributed by atoms with van der Waals surface area (Å²) in [4.78, 5) is 36.5. The largest absolute Gasteiger partial charge is 0.468 e. The van der Waals surface area contributed by atoms with Crippen molar-refractivity contribution in [2.45, 2.75) is 69.7 Å². The molecule has 0 bridgehead atoms. The van der Waals surface area contributed by atoms with Crippen LogP contribution in [0.5, 0.6) is 0 Å². The number of rotatable bonds is 5. The van der Waals surface area contributed by atoms with Crippen molar-refractivity contribution in [2.24, 2.45) is 0 Å². The zero-order valence-electron chi connectivity index (χ0n) is 17.4. The summed E-state index contributed by atoms with van der Waals surface area (Å²) in [6, 6.07) is 5.70. The number of nitro groups is 1. The molecule has 1 aliphatic rings. The lowest BCUT2D eigenvalue weighted by Gasteiger charge is -2.44. The molecule has 0 N–H and O–H groups in total. The Morgan fingerprint density at radius 2 is 1.96 bits per heavy atom. The maximum atomic E-state index is 13.0. The molecule has 2 atom stereocenters. The highest BCUT2D eigenvalue weighted by Crippen LogP contribution is 2.44. The van der Waals surface area contributed by atoms with Crippen LogP contribution in [0.25, 0.3) is 0 Å². The van der Waals surface area contributed by atoms with Crippen molar-refractivity contribution in [3.63, 3.8) is 0 Å². The van der Waals surface area contributed by atoms with Crippen molar-refractivity contribution < 1.29 is 23.7 Å². The van der Waals surface area contributed by atoms with E-state index in [-0.39, 0.29) is 35.5 Å². The first-order valence-electron chi connectivity index (χ1n) is 9.39. The number of hydrogen-bond donors (Lipinski definition) is 0. The summed E-state index contributed by atoms with van der Waals surface area (Å²) in [5.41, 5.74) is -1.45. The van der Waals surface area contributed by atoms with Gasteiger partial charge in [-0.3, -0.25) is 19.7 Å². The minimum atomic E-state index is -2.12. The van der Waals surface area contributed by atoms with Crippen LogP contribution in [0.2, 0.25) is 18.1 Å². The number of carbonyl (C=O) groups is 2. The molecule has 0 aromatic heterocycles. The van der Waals surface area contributed by atoms with E-state index in [2.05, 4.69) is 33.9 Å². The van der Waals surface area contributed by atoms with Crippen molar-refractivity contribution >= 4 is 25.8 Å². The van der Waals surface area contributed by atoms with E-state index in [0.717, 1.165) is 0 Å². The second-order valence-corrected chi connectivity index (χ2v) is 13.6. The van der Waals surface area contributed by atoms with Gasteiger partial charge in [0.05, 0.1) is 12.0 Å². The average molecular weight is 408 g/mol. The van der Waals surface area contributed by atoms with Gasteiger partial charge in [-0.15, -0.1) is 0 Å². The SMILES string of the molecule is COC(=O)[C@@]1(c2cccc([N+](=O)[O-])c2)C[C@@H](O[Si](C)(C)C(C)(C)C)CCC1=O. The number of methoxy groups -OCH3 is 1. The summed E-state index contributed by atoms with van der Waals surface area (Å²) in [6.07, 6.45) is 0.527. The molecule has 1 fully saturated rings. The van der Waals surface area contributed by atoms with Crippen LogP contribution in [-0.4, -0.2) is 38.2 Å². The molecule has 1 saturated carbocycles. The minimum Gasteiger partial charge on any atom is -0.468 e. The molecule has 0 saturated heterocycles. The van der Waals surface area contributed by atoms with Crippen LogP contribution < -0.4 is 0 Å². The second-order valence-electron chi connectivity index (χ2n) is 8.87. The number of ketones is 1. The average Bonchev–Trinajstić information content (AvgIpc) is 2.61. The summed E-state index contributed by atoms with van der Waals surface area (Å²) in [6.45, 7) is 10.6. The Hall–Kier alpha value is -2.06. The minimum absolute atomic E-state index is 0.0199. The Bertz CT molecular complexity index is 775. The Balaban J connectivity index is 2.50. The highest BCUT2D eigenvalue weighted by Gasteiger charge is 2.53. The fourth-order valence-electron chi connectivity index (χ4n) is 3.41. The number of ether oxygens (including phenoxy) is 1. The summed E-state index contributed by atoms with van der Waals surface area (Å²) in [7, 11) is -0.894. The first-order chi connectivity index (χ1) is 12.8. The fraction of sp³-hybridized carbons (Fsp3) is 0.600. The fourth-order valence-corrected chi connectivity index (χ4v) is 4.80. The van der Waals surface area contributed by atoms with E-state index in [4.69, 9.17) is 9.16 Å². The van der Waals surface area contributed by atoms with Gasteiger partial charge in [0.25, 0.3) is 5.69 Å². The van der Waals surface area contributed by atoms with Gasteiger partial charge in [-0.25, -0.2) is 0 Å². The number of carbonyl (C=O) groups excluding carboxylic acids is 2. The molecular weight excluding hydrogens is 378 g/mol. The van der Waals surface area contributed by atoms with Crippen LogP contribution in [0, 0.1) is 10.1 Å². The zero-order chi connectivity index (χ0) is 21.3. The summed E-state index contributed by atoms with van der Waals surface area (Å²) in [5.74, 6) is -0.976. The van der Waals surface area contributed by atoms with Crippen LogP contribution >= 0.6 is 0 Å². The molecule has 2 rings (SSSR count). The first-order valence-corrected chi connectivity index (χ1v) is 12.3. The number of nitro benzene ring substituents is 1. The maximum absolute atomic E-state index is 13.0. The number of esters is 1. The van der Waals surface area contributed by atoms with E-state index in [9.17, 15) is 19.7 Å². The topological polar surface area (TPSA) is 95.7 Å². The standard InChI is InChI=1S/C20H29NO6Si/c1-19(2,3)28(5,6)27-16-10-11-17(22)20(13-16,18(23)26-4)14-8-7-9-15(12-14)21(24)25/h7-9,12,16H,10-11,13H2,1-6H3/t16-,20+/m0/s1. The molecule has 0 radical (unpaired) electrons. The Morgan fingerprint density at radius 3 is 2.50 bits per heavy atom. The van der Waals surface area contributed by atoms with Crippen molar-refractivity contribution in [3.05, 3.63) is 39.9 Å². The first kappa shape index (κ1) is 22.2. The van der Waals surface area contributed by atoms with Crippen LogP contribution in [0.1, 0.15) is 45.6 Å².